The maximum absolute atomic E-state index is 13.4. The molecule has 1 fully saturated rings. The zero-order valence-electron chi connectivity index (χ0n) is 9.36. The standard InChI is InChI=1S/C12H14FNO3/c13-11-2-1-10(7-9(11)8-12(15)16)14-3-5-17-6-4-14/h1-2,7H,3-6,8H2,(H,15,16). The third-order valence-electron chi connectivity index (χ3n) is 2.75. The number of hydrogen-bond donors (Lipinski definition) is 1. The van der Waals surface area contributed by atoms with Gasteiger partial charge in [-0.05, 0) is 18.2 Å². The zero-order chi connectivity index (χ0) is 12.3. The zero-order valence-corrected chi connectivity index (χ0v) is 9.36. The van der Waals surface area contributed by atoms with E-state index in [1.807, 2.05) is 0 Å². The molecule has 1 aliphatic heterocycles. The van der Waals surface area contributed by atoms with Crippen molar-refractivity contribution >= 4 is 11.7 Å². The van der Waals surface area contributed by atoms with Crippen LogP contribution < -0.4 is 4.90 Å². The lowest BCUT2D eigenvalue weighted by Gasteiger charge is -2.29. The van der Waals surface area contributed by atoms with E-state index in [2.05, 4.69) is 4.90 Å². The minimum Gasteiger partial charge on any atom is -0.481 e. The fourth-order valence-electron chi connectivity index (χ4n) is 1.88. The minimum absolute atomic E-state index is 0.224. The van der Waals surface area contributed by atoms with Crippen molar-refractivity contribution in [3.63, 3.8) is 0 Å². The summed E-state index contributed by atoms with van der Waals surface area (Å²) >= 11 is 0. The molecule has 17 heavy (non-hydrogen) atoms. The van der Waals surface area contributed by atoms with Crippen LogP contribution in [0.15, 0.2) is 18.2 Å². The number of morpholine rings is 1. The van der Waals surface area contributed by atoms with Gasteiger partial charge in [-0.3, -0.25) is 4.79 Å². The van der Waals surface area contributed by atoms with Gasteiger partial charge in [-0.25, -0.2) is 4.39 Å². The molecule has 0 saturated carbocycles. The van der Waals surface area contributed by atoms with Crippen LogP contribution in [0.1, 0.15) is 5.56 Å². The molecule has 1 aliphatic rings. The summed E-state index contributed by atoms with van der Waals surface area (Å²) < 4.78 is 18.6. The van der Waals surface area contributed by atoms with E-state index in [-0.39, 0.29) is 12.0 Å². The Labute approximate surface area is 98.6 Å². The highest BCUT2D eigenvalue weighted by molar-refractivity contribution is 5.71. The Morgan fingerprint density at radius 1 is 1.41 bits per heavy atom. The number of aliphatic carboxylic acids is 1. The van der Waals surface area contributed by atoms with Crippen LogP contribution in [-0.4, -0.2) is 37.4 Å². The molecule has 1 saturated heterocycles. The lowest BCUT2D eigenvalue weighted by molar-refractivity contribution is -0.136. The first-order chi connectivity index (χ1) is 8.16. The van der Waals surface area contributed by atoms with Crippen molar-refractivity contribution in [3.05, 3.63) is 29.6 Å². The molecule has 1 heterocycles. The van der Waals surface area contributed by atoms with Crippen LogP contribution in [0.5, 0.6) is 0 Å². The van der Waals surface area contributed by atoms with E-state index in [0.29, 0.717) is 13.2 Å². The predicted octanol–water partition coefficient (Wildman–Crippen LogP) is 1.29. The number of carboxylic acid groups (broad SMARTS) is 1. The summed E-state index contributed by atoms with van der Waals surface area (Å²) in [4.78, 5) is 12.7. The first-order valence-corrected chi connectivity index (χ1v) is 5.50. The van der Waals surface area contributed by atoms with Gasteiger partial charge in [0.15, 0.2) is 0 Å². The van der Waals surface area contributed by atoms with Crippen molar-refractivity contribution in [2.24, 2.45) is 0 Å². The quantitative estimate of drug-likeness (QED) is 0.863. The summed E-state index contributed by atoms with van der Waals surface area (Å²) in [7, 11) is 0. The van der Waals surface area contributed by atoms with E-state index in [1.54, 1.807) is 12.1 Å². The summed E-state index contributed by atoms with van der Waals surface area (Å²) in [5, 5.41) is 8.69. The Morgan fingerprint density at radius 3 is 2.76 bits per heavy atom. The average molecular weight is 239 g/mol. The molecule has 1 N–H and O–H groups in total. The van der Waals surface area contributed by atoms with Crippen molar-refractivity contribution in [3.8, 4) is 0 Å². The summed E-state index contributed by atoms with van der Waals surface area (Å²) in [5.74, 6) is -1.49. The van der Waals surface area contributed by atoms with Gasteiger partial charge in [0, 0.05) is 24.3 Å². The molecule has 5 heteroatoms. The molecule has 4 nitrogen and oxygen atoms in total. The van der Waals surface area contributed by atoms with Crippen LogP contribution in [0.4, 0.5) is 10.1 Å². The minimum atomic E-state index is -1.02. The van der Waals surface area contributed by atoms with Crippen LogP contribution in [0, 0.1) is 5.82 Å². The van der Waals surface area contributed by atoms with Crippen LogP contribution in [0.3, 0.4) is 0 Å². The highest BCUT2D eigenvalue weighted by Crippen LogP contribution is 2.20. The number of rotatable bonds is 3. The number of anilines is 1. The van der Waals surface area contributed by atoms with Gasteiger partial charge in [-0.2, -0.15) is 0 Å². The summed E-state index contributed by atoms with van der Waals surface area (Å²) in [6.45, 7) is 2.79. The molecule has 0 spiro atoms. The third-order valence-corrected chi connectivity index (χ3v) is 2.75. The molecular weight excluding hydrogens is 225 g/mol. The maximum atomic E-state index is 13.4. The van der Waals surface area contributed by atoms with Gasteiger partial charge in [0.2, 0.25) is 0 Å². The van der Waals surface area contributed by atoms with Gasteiger partial charge < -0.3 is 14.7 Å². The Kier molecular flexibility index (Phi) is 3.58. The molecule has 1 aromatic rings. The molecule has 0 aromatic heterocycles. The van der Waals surface area contributed by atoms with E-state index in [9.17, 15) is 9.18 Å². The number of ether oxygens (including phenoxy) is 1. The van der Waals surface area contributed by atoms with Gasteiger partial charge in [-0.1, -0.05) is 0 Å². The third kappa shape index (κ3) is 2.94. The SMILES string of the molecule is O=C(O)Cc1cc(N2CCOCC2)ccc1F. The molecule has 0 aliphatic carbocycles. The van der Waals surface area contributed by atoms with Gasteiger partial charge in [0.1, 0.15) is 5.82 Å². The number of nitrogens with zero attached hydrogens (tertiary/aromatic N) is 1. The molecule has 1 aromatic carbocycles. The van der Waals surface area contributed by atoms with E-state index in [1.165, 1.54) is 6.07 Å². The number of halogens is 1. The smallest absolute Gasteiger partial charge is 0.307 e. The van der Waals surface area contributed by atoms with Gasteiger partial charge in [0.05, 0.1) is 19.6 Å². The first-order valence-electron chi connectivity index (χ1n) is 5.50. The van der Waals surface area contributed by atoms with Crippen LogP contribution in [0.2, 0.25) is 0 Å². The summed E-state index contributed by atoms with van der Waals surface area (Å²) in [6.07, 6.45) is -0.288. The number of benzene rings is 1. The monoisotopic (exact) mass is 239 g/mol. The topological polar surface area (TPSA) is 49.8 Å². The first kappa shape index (κ1) is 11.9. The molecule has 2 rings (SSSR count). The van der Waals surface area contributed by atoms with Crippen molar-refractivity contribution in [2.75, 3.05) is 31.2 Å². The maximum Gasteiger partial charge on any atom is 0.307 e. The average Bonchev–Trinajstić information content (AvgIpc) is 2.32. The Bertz CT molecular complexity index is 416. The Hall–Kier alpha value is -1.62. The number of hydrogen-bond acceptors (Lipinski definition) is 3. The second-order valence-corrected chi connectivity index (χ2v) is 3.95. The second-order valence-electron chi connectivity index (χ2n) is 3.95. The molecule has 0 atom stereocenters. The lowest BCUT2D eigenvalue weighted by atomic mass is 10.1. The predicted molar refractivity (Wildman–Crippen MR) is 60.8 cm³/mol. The Balaban J connectivity index is 2.20. The largest absolute Gasteiger partial charge is 0.481 e. The fraction of sp³-hybridized carbons (Fsp3) is 0.417. The van der Waals surface area contributed by atoms with Crippen molar-refractivity contribution < 1.29 is 19.0 Å². The second kappa shape index (κ2) is 5.14. The molecule has 0 bridgehead atoms. The summed E-state index contributed by atoms with van der Waals surface area (Å²) in [6, 6.07) is 4.60. The normalized spacial score (nSPS) is 15.9. The fourth-order valence-corrected chi connectivity index (χ4v) is 1.88. The van der Waals surface area contributed by atoms with Gasteiger partial charge in [0.25, 0.3) is 0 Å². The van der Waals surface area contributed by atoms with Crippen molar-refractivity contribution in [1.82, 2.24) is 0 Å². The van der Waals surface area contributed by atoms with Crippen LogP contribution >= 0.6 is 0 Å². The van der Waals surface area contributed by atoms with E-state index in [0.717, 1.165) is 18.8 Å². The molecule has 0 radical (unpaired) electrons. The van der Waals surface area contributed by atoms with E-state index in [4.69, 9.17) is 9.84 Å². The van der Waals surface area contributed by atoms with Gasteiger partial charge in [-0.15, -0.1) is 0 Å². The van der Waals surface area contributed by atoms with Gasteiger partial charge >= 0.3 is 5.97 Å². The van der Waals surface area contributed by atoms with Crippen LogP contribution in [-0.2, 0) is 16.0 Å². The van der Waals surface area contributed by atoms with Crippen molar-refractivity contribution in [2.45, 2.75) is 6.42 Å². The van der Waals surface area contributed by atoms with E-state index < -0.39 is 11.8 Å². The molecule has 92 valence electrons. The van der Waals surface area contributed by atoms with Crippen molar-refractivity contribution in [1.29, 1.82) is 0 Å². The Morgan fingerprint density at radius 2 is 2.12 bits per heavy atom. The summed E-state index contributed by atoms with van der Waals surface area (Å²) in [5.41, 5.74) is 1.08. The molecular formula is C12H14FNO3. The molecule has 0 unspecified atom stereocenters. The highest BCUT2D eigenvalue weighted by atomic mass is 19.1. The van der Waals surface area contributed by atoms with E-state index >= 15 is 0 Å². The highest BCUT2D eigenvalue weighted by Gasteiger charge is 2.14. The van der Waals surface area contributed by atoms with Crippen LogP contribution in [0.25, 0.3) is 0 Å². The lowest BCUT2D eigenvalue weighted by Crippen LogP contribution is -2.36. The number of carboxylic acids is 1. The number of carbonyl (C=O) groups is 1. The molecule has 0 amide bonds.